The van der Waals surface area contributed by atoms with Crippen LogP contribution in [-0.2, 0) is 6.42 Å². The Bertz CT molecular complexity index is 663. The number of halogens is 2. The number of aromatic nitrogens is 2. The van der Waals surface area contributed by atoms with Crippen LogP contribution in [0.5, 0.6) is 0 Å². The van der Waals surface area contributed by atoms with E-state index in [9.17, 15) is 4.79 Å². The summed E-state index contributed by atoms with van der Waals surface area (Å²) in [4.78, 5) is 12.0. The quantitative estimate of drug-likeness (QED) is 0.798. The van der Waals surface area contributed by atoms with Crippen molar-refractivity contribution in [2.45, 2.75) is 19.8 Å². The minimum atomic E-state index is 0.167. The summed E-state index contributed by atoms with van der Waals surface area (Å²) < 4.78 is 1.78. The zero-order valence-electron chi connectivity index (χ0n) is 10.4. The van der Waals surface area contributed by atoms with Crippen LogP contribution in [0.2, 0.25) is 10.0 Å². The molecule has 3 rings (SSSR count). The number of benzene rings is 1. The van der Waals surface area contributed by atoms with Crippen molar-refractivity contribution >= 4 is 29.0 Å². The fourth-order valence-electron chi connectivity index (χ4n) is 2.47. The lowest BCUT2D eigenvalue weighted by Crippen LogP contribution is -2.19. The third kappa shape index (κ3) is 2.17. The van der Waals surface area contributed by atoms with Gasteiger partial charge in [0.05, 0.1) is 33.2 Å². The van der Waals surface area contributed by atoms with Crippen LogP contribution >= 0.6 is 23.2 Å². The van der Waals surface area contributed by atoms with Gasteiger partial charge in [-0.05, 0) is 30.5 Å². The highest BCUT2D eigenvalue weighted by Crippen LogP contribution is 2.29. The number of hydrogen-bond donors (Lipinski definition) is 0. The molecule has 0 amide bonds. The summed E-state index contributed by atoms with van der Waals surface area (Å²) >= 11 is 11.9. The highest BCUT2D eigenvalue weighted by Gasteiger charge is 2.26. The minimum absolute atomic E-state index is 0.167. The van der Waals surface area contributed by atoms with Gasteiger partial charge in [0.15, 0.2) is 5.78 Å². The molecule has 2 aromatic rings. The Labute approximate surface area is 121 Å². The molecule has 0 N–H and O–H groups in total. The first kappa shape index (κ1) is 12.7. The van der Waals surface area contributed by atoms with Crippen molar-refractivity contribution in [2.75, 3.05) is 0 Å². The second kappa shape index (κ2) is 4.66. The van der Waals surface area contributed by atoms with E-state index in [1.807, 2.05) is 6.07 Å². The number of hydrogen-bond acceptors (Lipinski definition) is 2. The molecule has 0 bridgehead atoms. The van der Waals surface area contributed by atoms with E-state index in [4.69, 9.17) is 23.2 Å². The molecule has 1 aliphatic carbocycles. The van der Waals surface area contributed by atoms with Crippen LogP contribution in [0.4, 0.5) is 0 Å². The third-order valence-corrected chi connectivity index (χ3v) is 4.13. The summed E-state index contributed by atoms with van der Waals surface area (Å²) in [6.45, 7) is 2.08. The molecule has 1 aromatic heterocycles. The highest BCUT2D eigenvalue weighted by atomic mass is 35.5. The normalized spacial score (nSPS) is 18.5. The summed E-state index contributed by atoms with van der Waals surface area (Å²) in [5.41, 5.74) is 2.52. The van der Waals surface area contributed by atoms with Crippen molar-refractivity contribution < 1.29 is 4.79 Å². The van der Waals surface area contributed by atoms with E-state index in [0.717, 1.165) is 23.4 Å². The lowest BCUT2D eigenvalue weighted by atomic mass is 9.88. The molecule has 0 saturated heterocycles. The van der Waals surface area contributed by atoms with Gasteiger partial charge in [-0.2, -0.15) is 5.10 Å². The van der Waals surface area contributed by atoms with Crippen LogP contribution in [0.1, 0.15) is 29.4 Å². The van der Waals surface area contributed by atoms with Crippen LogP contribution in [0.15, 0.2) is 24.4 Å². The first-order chi connectivity index (χ1) is 9.06. The van der Waals surface area contributed by atoms with Crippen molar-refractivity contribution in [3.8, 4) is 5.69 Å². The molecule has 0 spiro atoms. The average molecular weight is 295 g/mol. The first-order valence-electron chi connectivity index (χ1n) is 6.12. The van der Waals surface area contributed by atoms with Crippen LogP contribution in [0.3, 0.4) is 0 Å². The molecule has 0 saturated carbocycles. The van der Waals surface area contributed by atoms with E-state index in [-0.39, 0.29) is 5.78 Å². The van der Waals surface area contributed by atoms with E-state index >= 15 is 0 Å². The summed E-state index contributed by atoms with van der Waals surface area (Å²) in [7, 11) is 0. The standard InChI is InChI=1S/C14H12Cl2N2O/c1-8-4-13-10(14(19)5-8)7-17-18(13)9-2-3-11(15)12(16)6-9/h2-3,6-8H,4-5H2,1H3. The van der Waals surface area contributed by atoms with Gasteiger partial charge in [-0.25, -0.2) is 4.68 Å². The smallest absolute Gasteiger partial charge is 0.166 e. The van der Waals surface area contributed by atoms with Gasteiger partial charge in [-0.1, -0.05) is 30.1 Å². The number of ketones is 1. The van der Waals surface area contributed by atoms with E-state index in [1.165, 1.54) is 0 Å². The van der Waals surface area contributed by atoms with Gasteiger partial charge in [-0.3, -0.25) is 4.79 Å². The van der Waals surface area contributed by atoms with Gasteiger partial charge in [-0.15, -0.1) is 0 Å². The zero-order valence-corrected chi connectivity index (χ0v) is 11.9. The topological polar surface area (TPSA) is 34.9 Å². The predicted octanol–water partition coefficient (Wildman–Crippen LogP) is 3.94. The largest absolute Gasteiger partial charge is 0.294 e. The Balaban J connectivity index is 2.12. The SMILES string of the molecule is CC1CC(=O)c2cnn(-c3ccc(Cl)c(Cl)c3)c2C1. The molecule has 19 heavy (non-hydrogen) atoms. The average Bonchev–Trinajstić information content (AvgIpc) is 2.76. The molecule has 1 atom stereocenters. The van der Waals surface area contributed by atoms with E-state index in [0.29, 0.717) is 22.4 Å². The Hall–Kier alpha value is -1.32. The fraction of sp³-hybridized carbons (Fsp3) is 0.286. The van der Waals surface area contributed by atoms with Crippen molar-refractivity contribution in [3.63, 3.8) is 0 Å². The molecule has 5 heteroatoms. The van der Waals surface area contributed by atoms with Crippen LogP contribution in [0, 0.1) is 5.92 Å². The van der Waals surface area contributed by atoms with E-state index in [2.05, 4.69) is 12.0 Å². The number of carbonyl (C=O) groups excluding carboxylic acids is 1. The molecular formula is C14H12Cl2N2O. The number of carbonyl (C=O) groups is 1. The maximum absolute atomic E-state index is 12.0. The maximum Gasteiger partial charge on any atom is 0.166 e. The Morgan fingerprint density at radius 1 is 1.26 bits per heavy atom. The lowest BCUT2D eigenvalue weighted by Gasteiger charge is -2.18. The second-order valence-corrected chi connectivity index (χ2v) is 5.77. The molecular weight excluding hydrogens is 283 g/mol. The van der Waals surface area contributed by atoms with E-state index in [1.54, 1.807) is 23.0 Å². The summed E-state index contributed by atoms with van der Waals surface area (Å²) in [5.74, 6) is 0.512. The van der Waals surface area contributed by atoms with Gasteiger partial charge in [0.1, 0.15) is 0 Å². The third-order valence-electron chi connectivity index (χ3n) is 3.39. The molecule has 1 unspecified atom stereocenters. The first-order valence-corrected chi connectivity index (χ1v) is 6.87. The number of fused-ring (bicyclic) bond motifs is 1. The van der Waals surface area contributed by atoms with E-state index < -0.39 is 0 Å². The molecule has 0 aliphatic heterocycles. The van der Waals surface area contributed by atoms with Gasteiger partial charge >= 0.3 is 0 Å². The van der Waals surface area contributed by atoms with Crippen molar-refractivity contribution in [1.82, 2.24) is 9.78 Å². The monoisotopic (exact) mass is 294 g/mol. The van der Waals surface area contributed by atoms with Gasteiger partial charge in [0.25, 0.3) is 0 Å². The lowest BCUT2D eigenvalue weighted by molar-refractivity contribution is 0.0953. The Kier molecular flexibility index (Phi) is 3.11. The van der Waals surface area contributed by atoms with Crippen LogP contribution in [-0.4, -0.2) is 15.6 Å². The minimum Gasteiger partial charge on any atom is -0.294 e. The Morgan fingerprint density at radius 3 is 2.79 bits per heavy atom. The number of rotatable bonds is 1. The summed E-state index contributed by atoms with van der Waals surface area (Å²) in [5, 5.41) is 5.31. The molecule has 98 valence electrons. The van der Waals surface area contributed by atoms with Crippen molar-refractivity contribution in [1.29, 1.82) is 0 Å². The molecule has 1 heterocycles. The summed E-state index contributed by atoms with van der Waals surface area (Å²) in [6.07, 6.45) is 3.09. The van der Waals surface area contributed by atoms with Crippen molar-refractivity contribution in [2.24, 2.45) is 5.92 Å². The second-order valence-electron chi connectivity index (χ2n) is 4.95. The van der Waals surface area contributed by atoms with Crippen molar-refractivity contribution in [3.05, 3.63) is 45.7 Å². The Morgan fingerprint density at radius 2 is 2.05 bits per heavy atom. The van der Waals surface area contributed by atoms with Gasteiger partial charge in [0, 0.05) is 6.42 Å². The number of nitrogens with zero attached hydrogens (tertiary/aromatic N) is 2. The molecule has 0 fully saturated rings. The van der Waals surface area contributed by atoms with Gasteiger partial charge in [0.2, 0.25) is 0 Å². The fourth-order valence-corrected chi connectivity index (χ4v) is 2.76. The molecule has 1 aromatic carbocycles. The number of Topliss-reactive ketones (excluding diaryl/α,β-unsaturated/α-hetero) is 1. The van der Waals surface area contributed by atoms with Crippen LogP contribution in [0.25, 0.3) is 5.69 Å². The molecule has 1 aliphatic rings. The zero-order chi connectivity index (χ0) is 13.6. The van der Waals surface area contributed by atoms with Gasteiger partial charge < -0.3 is 0 Å². The molecule has 0 radical (unpaired) electrons. The predicted molar refractivity (Wildman–Crippen MR) is 75.4 cm³/mol. The maximum atomic E-state index is 12.0. The highest BCUT2D eigenvalue weighted by molar-refractivity contribution is 6.42. The summed E-state index contributed by atoms with van der Waals surface area (Å²) in [6, 6.07) is 5.35. The molecule has 3 nitrogen and oxygen atoms in total. The van der Waals surface area contributed by atoms with Crippen LogP contribution < -0.4 is 0 Å².